The molecule has 5 nitrogen and oxygen atoms in total. The quantitative estimate of drug-likeness (QED) is 0.495. The van der Waals surface area contributed by atoms with E-state index in [4.69, 9.17) is 34.8 Å². The van der Waals surface area contributed by atoms with Crippen molar-refractivity contribution in [3.63, 3.8) is 0 Å². The monoisotopic (exact) mass is 450 g/mol. The van der Waals surface area contributed by atoms with Gasteiger partial charge in [0.05, 0.1) is 5.52 Å². The second-order valence-corrected chi connectivity index (χ2v) is 8.83. The smallest absolute Gasteiger partial charge is 0.219 e. The zero-order chi connectivity index (χ0) is 20.5. The number of aromatic amines is 1. The van der Waals surface area contributed by atoms with Gasteiger partial charge in [0.25, 0.3) is 0 Å². The minimum absolute atomic E-state index is 0.0461. The molecule has 2 heterocycles. The number of amides is 1. The van der Waals surface area contributed by atoms with E-state index in [-0.39, 0.29) is 17.9 Å². The molecule has 152 valence electrons. The molecule has 8 heteroatoms. The Hall–Kier alpha value is -1.82. The number of benzene rings is 1. The zero-order valence-corrected chi connectivity index (χ0v) is 18.2. The van der Waals surface area contributed by atoms with Crippen molar-refractivity contribution in [3.05, 3.63) is 56.9 Å². The molecule has 4 rings (SSSR count). The number of nitrogens with one attached hydrogen (secondary N) is 1. The maximum atomic E-state index is 12.5. The van der Waals surface area contributed by atoms with Gasteiger partial charge in [-0.25, -0.2) is 9.97 Å². The Labute approximate surface area is 184 Å². The first-order valence-corrected chi connectivity index (χ1v) is 10.8. The molecule has 0 spiro atoms. The summed E-state index contributed by atoms with van der Waals surface area (Å²) < 4.78 is 0. The van der Waals surface area contributed by atoms with Crippen LogP contribution in [0.15, 0.2) is 30.3 Å². The molecule has 2 unspecified atom stereocenters. The van der Waals surface area contributed by atoms with Gasteiger partial charge >= 0.3 is 0 Å². The molecule has 0 bridgehead atoms. The van der Waals surface area contributed by atoms with Gasteiger partial charge in [-0.2, -0.15) is 0 Å². The summed E-state index contributed by atoms with van der Waals surface area (Å²) >= 11 is 18.3. The molecule has 3 aromatic rings. The fraction of sp³-hybridized carbons (Fsp3) is 0.381. The molecule has 1 fully saturated rings. The maximum absolute atomic E-state index is 12.5. The molecule has 1 N–H and O–H groups in total. The third kappa shape index (κ3) is 4.68. The zero-order valence-electron chi connectivity index (χ0n) is 16.0. The topological polar surface area (TPSA) is 61.9 Å². The van der Waals surface area contributed by atoms with E-state index < -0.39 is 0 Å². The Morgan fingerprint density at radius 2 is 1.90 bits per heavy atom. The molecule has 2 atom stereocenters. The standard InChI is InChI=1S/C21H21Cl3N4O/c1-12(29)28(11-13-7-15(22)10-16(23)8-13)17-4-2-3-14(9-17)20-25-18-5-6-19(24)26-21(18)27-20/h5-8,10,14,17H,2-4,9,11H2,1H3,(H,25,26,27). The Bertz CT molecular complexity index is 1030. The normalized spacial score (nSPS) is 19.4. The van der Waals surface area contributed by atoms with Crippen LogP contribution in [-0.4, -0.2) is 31.8 Å². The van der Waals surface area contributed by atoms with Gasteiger partial charge in [0.1, 0.15) is 11.0 Å². The highest BCUT2D eigenvalue weighted by atomic mass is 35.5. The second-order valence-electron chi connectivity index (χ2n) is 7.57. The number of carbonyl (C=O) groups excluding carboxylic acids is 1. The van der Waals surface area contributed by atoms with Crippen LogP contribution in [0.5, 0.6) is 0 Å². The first kappa shape index (κ1) is 20.5. The Kier molecular flexibility index (Phi) is 6.00. The summed E-state index contributed by atoms with van der Waals surface area (Å²) in [6.07, 6.45) is 3.87. The second kappa shape index (κ2) is 8.50. The number of halogens is 3. The molecule has 0 radical (unpaired) electrons. The molecule has 0 saturated heterocycles. The summed E-state index contributed by atoms with van der Waals surface area (Å²) in [5.41, 5.74) is 2.44. The van der Waals surface area contributed by atoms with Crippen molar-refractivity contribution in [2.45, 2.75) is 51.1 Å². The van der Waals surface area contributed by atoms with Crippen LogP contribution in [0.3, 0.4) is 0 Å². The van der Waals surface area contributed by atoms with Gasteiger partial charge in [-0.1, -0.05) is 41.2 Å². The molecule has 29 heavy (non-hydrogen) atoms. The van der Waals surface area contributed by atoms with Crippen LogP contribution in [0.4, 0.5) is 0 Å². The maximum Gasteiger partial charge on any atom is 0.219 e. The summed E-state index contributed by atoms with van der Waals surface area (Å²) in [7, 11) is 0. The van der Waals surface area contributed by atoms with E-state index in [0.29, 0.717) is 27.4 Å². The van der Waals surface area contributed by atoms with Gasteiger partial charge in [0.15, 0.2) is 5.65 Å². The summed E-state index contributed by atoms with van der Waals surface area (Å²) in [4.78, 5) is 26.7. The fourth-order valence-electron chi connectivity index (χ4n) is 4.17. The summed E-state index contributed by atoms with van der Waals surface area (Å²) in [5.74, 6) is 1.20. The van der Waals surface area contributed by atoms with E-state index >= 15 is 0 Å². The van der Waals surface area contributed by atoms with E-state index in [9.17, 15) is 4.79 Å². The SMILES string of the molecule is CC(=O)N(Cc1cc(Cl)cc(Cl)c1)C1CCCC(c2nc3nc(Cl)ccc3[nH]2)C1. The van der Waals surface area contributed by atoms with Crippen LogP contribution >= 0.6 is 34.8 Å². The van der Waals surface area contributed by atoms with Crippen LogP contribution in [0.2, 0.25) is 15.2 Å². The summed E-state index contributed by atoms with van der Waals surface area (Å²) in [5, 5.41) is 1.58. The Balaban J connectivity index is 1.55. The van der Waals surface area contributed by atoms with Crippen molar-refractivity contribution >= 4 is 51.9 Å². The lowest BCUT2D eigenvalue weighted by Crippen LogP contribution is -2.41. The van der Waals surface area contributed by atoms with Crippen LogP contribution < -0.4 is 0 Å². The van der Waals surface area contributed by atoms with Crippen molar-refractivity contribution in [3.8, 4) is 0 Å². The van der Waals surface area contributed by atoms with Crippen LogP contribution in [0, 0.1) is 0 Å². The van der Waals surface area contributed by atoms with Crippen LogP contribution in [0.1, 0.15) is 49.9 Å². The largest absolute Gasteiger partial charge is 0.340 e. The average Bonchev–Trinajstić information content (AvgIpc) is 3.08. The van der Waals surface area contributed by atoms with Crippen molar-refractivity contribution in [2.24, 2.45) is 0 Å². The number of rotatable bonds is 4. The third-order valence-electron chi connectivity index (χ3n) is 5.48. The minimum atomic E-state index is 0.0461. The lowest BCUT2D eigenvalue weighted by Gasteiger charge is -2.36. The molecular formula is C21H21Cl3N4O. The third-order valence-corrected chi connectivity index (χ3v) is 6.13. The van der Waals surface area contributed by atoms with Crippen molar-refractivity contribution in [1.82, 2.24) is 19.9 Å². The molecule has 1 aliphatic carbocycles. The molecular weight excluding hydrogens is 431 g/mol. The number of aromatic nitrogens is 3. The lowest BCUT2D eigenvalue weighted by atomic mass is 9.84. The highest BCUT2D eigenvalue weighted by Crippen LogP contribution is 2.35. The number of imidazole rings is 1. The fourth-order valence-corrected chi connectivity index (χ4v) is 4.89. The molecule has 1 amide bonds. The number of carbonyl (C=O) groups is 1. The van der Waals surface area contributed by atoms with Gasteiger partial charge in [0, 0.05) is 35.5 Å². The van der Waals surface area contributed by atoms with E-state index in [1.54, 1.807) is 19.1 Å². The molecule has 0 aliphatic heterocycles. The van der Waals surface area contributed by atoms with Gasteiger partial charge in [0.2, 0.25) is 5.91 Å². The van der Waals surface area contributed by atoms with Crippen molar-refractivity contribution in [1.29, 1.82) is 0 Å². The van der Waals surface area contributed by atoms with Gasteiger partial charge in [-0.05, 0) is 55.2 Å². The highest BCUT2D eigenvalue weighted by molar-refractivity contribution is 6.34. The predicted molar refractivity (Wildman–Crippen MR) is 117 cm³/mol. The van der Waals surface area contributed by atoms with Crippen LogP contribution in [0.25, 0.3) is 11.2 Å². The number of hydrogen-bond acceptors (Lipinski definition) is 3. The Morgan fingerprint density at radius 1 is 1.14 bits per heavy atom. The molecule has 2 aromatic heterocycles. The molecule has 1 saturated carbocycles. The molecule has 1 aliphatic rings. The minimum Gasteiger partial charge on any atom is -0.340 e. The number of fused-ring (bicyclic) bond motifs is 1. The average molecular weight is 452 g/mol. The number of pyridine rings is 1. The van der Waals surface area contributed by atoms with E-state index in [0.717, 1.165) is 42.6 Å². The Morgan fingerprint density at radius 3 is 2.62 bits per heavy atom. The summed E-state index contributed by atoms with van der Waals surface area (Å²) in [6, 6.07) is 9.20. The van der Waals surface area contributed by atoms with Gasteiger partial charge in [-0.3, -0.25) is 4.79 Å². The van der Waals surface area contributed by atoms with E-state index in [2.05, 4.69) is 15.0 Å². The highest BCUT2D eigenvalue weighted by Gasteiger charge is 2.30. The first-order valence-electron chi connectivity index (χ1n) is 9.63. The first-order chi connectivity index (χ1) is 13.9. The van der Waals surface area contributed by atoms with Gasteiger partial charge in [-0.15, -0.1) is 0 Å². The number of hydrogen-bond donors (Lipinski definition) is 1. The number of nitrogens with zero attached hydrogens (tertiary/aromatic N) is 3. The van der Waals surface area contributed by atoms with Crippen molar-refractivity contribution < 1.29 is 4.79 Å². The lowest BCUT2D eigenvalue weighted by molar-refractivity contribution is -0.132. The van der Waals surface area contributed by atoms with Gasteiger partial charge < -0.3 is 9.88 Å². The predicted octanol–water partition coefficient (Wildman–Crippen LogP) is 5.99. The number of H-pyrrole nitrogens is 1. The molecule has 1 aromatic carbocycles. The van der Waals surface area contributed by atoms with Crippen LogP contribution in [-0.2, 0) is 11.3 Å². The van der Waals surface area contributed by atoms with Crippen molar-refractivity contribution in [2.75, 3.05) is 0 Å². The van der Waals surface area contributed by atoms with E-state index in [1.165, 1.54) is 0 Å². The van der Waals surface area contributed by atoms with E-state index in [1.807, 2.05) is 23.1 Å². The summed E-state index contributed by atoms with van der Waals surface area (Å²) in [6.45, 7) is 2.10.